The van der Waals surface area contributed by atoms with E-state index in [1.54, 1.807) is 12.1 Å². The number of ether oxygens (including phenoxy) is 1. The van der Waals surface area contributed by atoms with E-state index in [2.05, 4.69) is 19.2 Å². The van der Waals surface area contributed by atoms with Gasteiger partial charge in [0.15, 0.2) is 6.61 Å². The fourth-order valence-electron chi connectivity index (χ4n) is 2.46. The van der Waals surface area contributed by atoms with Gasteiger partial charge in [0.1, 0.15) is 5.75 Å². The van der Waals surface area contributed by atoms with Gasteiger partial charge in [-0.1, -0.05) is 26.0 Å². The minimum absolute atomic E-state index is 0. The molecule has 2 aromatic carbocycles. The molecule has 0 fully saturated rings. The summed E-state index contributed by atoms with van der Waals surface area (Å²) < 4.78 is 5.50. The molecule has 0 aliphatic carbocycles. The Morgan fingerprint density at radius 2 is 1.88 bits per heavy atom. The van der Waals surface area contributed by atoms with Gasteiger partial charge >= 0.3 is 35.5 Å². The van der Waals surface area contributed by atoms with Gasteiger partial charge in [-0.05, 0) is 54.3 Å². The molecular weight excluding hydrogens is 329 g/mol. The molecule has 5 nitrogen and oxygen atoms in total. The number of benzene rings is 2. The van der Waals surface area contributed by atoms with Gasteiger partial charge in [-0.3, -0.25) is 4.79 Å². The number of carbonyl (C=O) groups is 2. The first kappa shape index (κ1) is 21.2. The van der Waals surface area contributed by atoms with Crippen LogP contribution in [0.5, 0.6) is 5.75 Å². The van der Waals surface area contributed by atoms with E-state index < -0.39 is 5.97 Å². The maximum absolute atomic E-state index is 11.9. The van der Waals surface area contributed by atoms with Crippen LogP contribution in [-0.2, 0) is 4.79 Å². The van der Waals surface area contributed by atoms with Gasteiger partial charge in [-0.15, -0.1) is 0 Å². The predicted molar refractivity (Wildman–Crippen MR) is 99.9 cm³/mol. The SMILES string of the molecule is Cc1cc(OCC(=O)Nc2cccc(C(=O)O)c2)ccc1C(C)C.[NaH]. The first-order valence-electron chi connectivity index (χ1n) is 7.73. The zero-order valence-electron chi connectivity index (χ0n) is 14.0. The number of carboxylic acid groups (broad SMARTS) is 1. The monoisotopic (exact) mass is 351 g/mol. The summed E-state index contributed by atoms with van der Waals surface area (Å²) in [5.41, 5.74) is 2.91. The van der Waals surface area contributed by atoms with Crippen molar-refractivity contribution in [3.63, 3.8) is 0 Å². The number of hydrogen-bond donors (Lipinski definition) is 2. The van der Waals surface area contributed by atoms with Crippen LogP contribution < -0.4 is 10.1 Å². The van der Waals surface area contributed by atoms with Crippen LogP contribution >= 0.6 is 0 Å². The summed E-state index contributed by atoms with van der Waals surface area (Å²) in [6, 6.07) is 11.8. The van der Waals surface area contributed by atoms with E-state index in [1.165, 1.54) is 17.7 Å². The quantitative estimate of drug-likeness (QED) is 0.784. The summed E-state index contributed by atoms with van der Waals surface area (Å²) in [5.74, 6) is -0.318. The summed E-state index contributed by atoms with van der Waals surface area (Å²) in [6.45, 7) is 6.13. The number of aromatic carboxylic acids is 1. The number of carboxylic acids is 1. The summed E-state index contributed by atoms with van der Waals surface area (Å²) >= 11 is 0. The van der Waals surface area contributed by atoms with Gasteiger partial charge in [0.05, 0.1) is 5.56 Å². The molecule has 0 aliphatic rings. The Morgan fingerprint density at radius 1 is 1.16 bits per heavy atom. The number of carbonyl (C=O) groups excluding carboxylic acids is 1. The Bertz CT molecular complexity index is 759. The first-order chi connectivity index (χ1) is 11.4. The van der Waals surface area contributed by atoms with Gasteiger partial charge in [0.2, 0.25) is 0 Å². The molecule has 0 aliphatic heterocycles. The average molecular weight is 351 g/mol. The van der Waals surface area contributed by atoms with Crippen LogP contribution in [0.1, 0.15) is 41.3 Å². The third kappa shape index (κ3) is 6.20. The topological polar surface area (TPSA) is 75.6 Å². The Labute approximate surface area is 169 Å². The second-order valence-electron chi connectivity index (χ2n) is 5.90. The molecule has 2 N–H and O–H groups in total. The van der Waals surface area contributed by atoms with Gasteiger partial charge in [-0.25, -0.2) is 4.79 Å². The number of anilines is 1. The molecule has 0 atom stereocenters. The summed E-state index contributed by atoms with van der Waals surface area (Å²) in [7, 11) is 0. The van der Waals surface area contributed by atoms with Crippen LogP contribution in [0.25, 0.3) is 0 Å². The molecule has 0 unspecified atom stereocenters. The number of aryl methyl sites for hydroxylation is 1. The van der Waals surface area contributed by atoms with Crippen LogP contribution in [0.4, 0.5) is 5.69 Å². The first-order valence-corrected chi connectivity index (χ1v) is 7.73. The number of nitrogens with one attached hydrogen (secondary N) is 1. The number of hydrogen-bond acceptors (Lipinski definition) is 3. The van der Waals surface area contributed by atoms with Gasteiger partial charge < -0.3 is 15.2 Å². The van der Waals surface area contributed by atoms with Gasteiger partial charge in [0.25, 0.3) is 5.91 Å². The Hall–Kier alpha value is -1.82. The van der Waals surface area contributed by atoms with Crippen LogP contribution in [-0.4, -0.2) is 53.1 Å². The summed E-state index contributed by atoms with van der Waals surface area (Å²) in [6.07, 6.45) is 0. The number of amides is 1. The van der Waals surface area contributed by atoms with Crippen molar-refractivity contribution in [2.75, 3.05) is 11.9 Å². The molecular formula is C19H22NNaO4. The Morgan fingerprint density at radius 3 is 2.48 bits per heavy atom. The van der Waals surface area contributed by atoms with Crippen LogP contribution in [0.15, 0.2) is 42.5 Å². The van der Waals surface area contributed by atoms with Crippen LogP contribution in [0.3, 0.4) is 0 Å². The third-order valence-corrected chi connectivity index (χ3v) is 3.63. The van der Waals surface area contributed by atoms with Gasteiger partial charge in [-0.2, -0.15) is 0 Å². The molecule has 25 heavy (non-hydrogen) atoms. The maximum atomic E-state index is 11.9. The molecule has 2 aromatic rings. The average Bonchev–Trinajstić information content (AvgIpc) is 2.53. The Balaban J connectivity index is 0.00000312. The van der Waals surface area contributed by atoms with E-state index in [-0.39, 0.29) is 47.6 Å². The molecule has 0 heterocycles. The Kier molecular flexibility index (Phi) is 8.16. The van der Waals surface area contributed by atoms with E-state index in [0.717, 1.165) is 5.56 Å². The van der Waals surface area contributed by atoms with E-state index in [4.69, 9.17) is 9.84 Å². The van der Waals surface area contributed by atoms with Crippen molar-refractivity contribution < 1.29 is 19.4 Å². The van der Waals surface area contributed by atoms with Crippen LogP contribution in [0, 0.1) is 6.92 Å². The normalized spacial score (nSPS) is 10.1. The molecule has 0 aromatic heterocycles. The van der Waals surface area contributed by atoms with Crippen molar-refractivity contribution in [1.29, 1.82) is 0 Å². The molecule has 128 valence electrons. The van der Waals surface area contributed by atoms with Crippen molar-refractivity contribution in [3.8, 4) is 5.75 Å². The van der Waals surface area contributed by atoms with Gasteiger partial charge in [0, 0.05) is 5.69 Å². The predicted octanol–water partition coefficient (Wildman–Crippen LogP) is 3.19. The molecule has 0 spiro atoms. The standard InChI is InChI=1S/C19H21NO4.Na.H/c1-12(2)17-8-7-16(9-13(17)3)24-11-18(21)20-15-6-4-5-14(10-15)19(22)23;;/h4-10,12H,11H2,1-3H3,(H,20,21)(H,22,23);;. The van der Waals surface area contributed by atoms with Crippen molar-refractivity contribution in [3.05, 3.63) is 59.2 Å². The second-order valence-corrected chi connectivity index (χ2v) is 5.90. The molecule has 0 saturated carbocycles. The van der Waals surface area contributed by atoms with Crippen molar-refractivity contribution in [2.45, 2.75) is 26.7 Å². The fraction of sp³-hybridized carbons (Fsp3) is 0.263. The molecule has 6 heteroatoms. The second kappa shape index (κ2) is 9.61. The molecule has 0 bridgehead atoms. The van der Waals surface area contributed by atoms with E-state index >= 15 is 0 Å². The summed E-state index contributed by atoms with van der Waals surface area (Å²) in [5, 5.41) is 11.6. The van der Waals surface area contributed by atoms with Crippen LogP contribution in [0.2, 0.25) is 0 Å². The molecule has 0 saturated heterocycles. The van der Waals surface area contributed by atoms with E-state index in [0.29, 0.717) is 17.4 Å². The molecule has 0 radical (unpaired) electrons. The van der Waals surface area contributed by atoms with E-state index in [9.17, 15) is 9.59 Å². The van der Waals surface area contributed by atoms with Crippen molar-refractivity contribution in [2.24, 2.45) is 0 Å². The summed E-state index contributed by atoms with van der Waals surface area (Å²) in [4.78, 5) is 22.9. The zero-order valence-corrected chi connectivity index (χ0v) is 14.0. The molecule has 1 amide bonds. The molecule has 2 rings (SSSR count). The van der Waals surface area contributed by atoms with E-state index in [1.807, 2.05) is 25.1 Å². The number of rotatable bonds is 6. The van der Waals surface area contributed by atoms with Crippen molar-refractivity contribution >= 4 is 47.1 Å². The zero-order chi connectivity index (χ0) is 17.7. The minimum atomic E-state index is -1.04. The third-order valence-electron chi connectivity index (χ3n) is 3.63. The fourth-order valence-corrected chi connectivity index (χ4v) is 2.46. The van der Waals surface area contributed by atoms with Crippen molar-refractivity contribution in [1.82, 2.24) is 0 Å².